The van der Waals surface area contributed by atoms with Gasteiger partial charge in [0.25, 0.3) is 5.91 Å². The highest BCUT2D eigenvalue weighted by Gasteiger charge is 2.37. The first-order valence-electron chi connectivity index (χ1n) is 7.50. The van der Waals surface area contributed by atoms with Crippen LogP contribution in [0.4, 0.5) is 5.69 Å². The minimum atomic E-state index is 0.134. The number of morpholine rings is 1. The molecule has 2 aliphatic rings. The molecule has 1 N–H and O–H groups in total. The monoisotopic (exact) mass is 274 g/mol. The van der Waals surface area contributed by atoms with E-state index in [1.54, 1.807) is 0 Å². The van der Waals surface area contributed by atoms with E-state index in [0.717, 1.165) is 24.1 Å². The fourth-order valence-electron chi connectivity index (χ4n) is 3.39. The highest BCUT2D eigenvalue weighted by Crippen LogP contribution is 2.30. The Morgan fingerprint density at radius 1 is 1.30 bits per heavy atom. The van der Waals surface area contributed by atoms with Crippen LogP contribution < -0.4 is 5.32 Å². The summed E-state index contributed by atoms with van der Waals surface area (Å²) >= 11 is 0. The highest BCUT2D eigenvalue weighted by atomic mass is 16.5. The number of benzene rings is 1. The number of para-hydroxylation sites is 1. The van der Waals surface area contributed by atoms with Crippen molar-refractivity contribution in [2.45, 2.75) is 37.8 Å². The molecule has 3 rings (SSSR count). The first-order chi connectivity index (χ1) is 9.81. The number of hydrogen-bond donors (Lipinski definition) is 1. The summed E-state index contributed by atoms with van der Waals surface area (Å²) in [6, 6.07) is 7.99. The van der Waals surface area contributed by atoms with Gasteiger partial charge < -0.3 is 15.0 Å². The maximum atomic E-state index is 12.9. The Labute approximate surface area is 120 Å². The molecule has 4 heteroatoms. The van der Waals surface area contributed by atoms with E-state index in [1.807, 2.05) is 36.2 Å². The van der Waals surface area contributed by atoms with Crippen LogP contribution in [0, 0.1) is 0 Å². The lowest BCUT2D eigenvalue weighted by molar-refractivity contribution is -0.0752. The number of carbonyl (C=O) groups excluding carboxylic acids is 1. The van der Waals surface area contributed by atoms with Crippen molar-refractivity contribution in [2.75, 3.05) is 25.5 Å². The first-order valence-corrected chi connectivity index (χ1v) is 7.50. The molecule has 1 saturated carbocycles. The van der Waals surface area contributed by atoms with Gasteiger partial charge >= 0.3 is 0 Å². The molecule has 108 valence electrons. The normalized spacial score (nSPS) is 25.9. The van der Waals surface area contributed by atoms with Gasteiger partial charge in [-0.15, -0.1) is 0 Å². The molecule has 2 unspecified atom stereocenters. The van der Waals surface area contributed by atoms with Gasteiger partial charge in [-0.05, 0) is 25.0 Å². The maximum absolute atomic E-state index is 12.9. The number of hydrogen-bond acceptors (Lipinski definition) is 3. The van der Waals surface area contributed by atoms with Crippen molar-refractivity contribution < 1.29 is 9.53 Å². The Morgan fingerprint density at radius 2 is 2.10 bits per heavy atom. The predicted molar refractivity (Wildman–Crippen MR) is 79.0 cm³/mol. The van der Waals surface area contributed by atoms with E-state index in [0.29, 0.717) is 13.2 Å². The van der Waals surface area contributed by atoms with Gasteiger partial charge in [0, 0.05) is 19.3 Å². The molecule has 0 bridgehead atoms. The van der Waals surface area contributed by atoms with Gasteiger partial charge in [-0.3, -0.25) is 4.79 Å². The number of rotatable bonds is 2. The van der Waals surface area contributed by atoms with E-state index in [9.17, 15) is 4.79 Å². The van der Waals surface area contributed by atoms with Crippen LogP contribution in [0.25, 0.3) is 0 Å². The second-order valence-electron chi connectivity index (χ2n) is 5.56. The molecule has 1 heterocycles. The highest BCUT2D eigenvalue weighted by molar-refractivity contribution is 5.99. The molecule has 1 aromatic rings. The molecule has 20 heavy (non-hydrogen) atoms. The van der Waals surface area contributed by atoms with Crippen molar-refractivity contribution in [3.63, 3.8) is 0 Å². The molecule has 0 spiro atoms. The van der Waals surface area contributed by atoms with Crippen molar-refractivity contribution in [3.8, 4) is 0 Å². The van der Waals surface area contributed by atoms with Gasteiger partial charge in [0.1, 0.15) is 0 Å². The van der Waals surface area contributed by atoms with Crippen LogP contribution >= 0.6 is 0 Å². The molecule has 1 aliphatic heterocycles. The van der Waals surface area contributed by atoms with Gasteiger partial charge in [-0.1, -0.05) is 25.0 Å². The van der Waals surface area contributed by atoms with Crippen molar-refractivity contribution in [2.24, 2.45) is 0 Å². The van der Waals surface area contributed by atoms with Gasteiger partial charge in [0.15, 0.2) is 0 Å². The van der Waals surface area contributed by atoms with Gasteiger partial charge in [-0.2, -0.15) is 0 Å². The van der Waals surface area contributed by atoms with Gasteiger partial charge in [0.2, 0.25) is 0 Å². The average Bonchev–Trinajstić information content (AvgIpc) is 2.53. The third kappa shape index (κ3) is 2.40. The van der Waals surface area contributed by atoms with E-state index in [4.69, 9.17) is 4.74 Å². The molecule has 1 aliphatic carbocycles. The number of nitrogens with one attached hydrogen (secondary N) is 1. The third-order valence-electron chi connectivity index (χ3n) is 4.42. The zero-order valence-electron chi connectivity index (χ0n) is 12.0. The first kappa shape index (κ1) is 13.4. The summed E-state index contributed by atoms with van der Waals surface area (Å²) in [5, 5.41) is 3.11. The summed E-state index contributed by atoms with van der Waals surface area (Å²) < 4.78 is 5.85. The minimum absolute atomic E-state index is 0.134. The summed E-state index contributed by atoms with van der Waals surface area (Å²) in [5.41, 5.74) is 1.66. The molecule has 1 aromatic carbocycles. The van der Waals surface area contributed by atoms with Crippen LogP contribution in [0.5, 0.6) is 0 Å². The van der Waals surface area contributed by atoms with Crippen molar-refractivity contribution in [1.29, 1.82) is 0 Å². The second-order valence-corrected chi connectivity index (χ2v) is 5.56. The number of nitrogens with zero attached hydrogens (tertiary/aromatic N) is 1. The SMILES string of the molecule is CNc1ccccc1C(=O)N1CCOC2CCCCC21. The van der Waals surface area contributed by atoms with E-state index in [2.05, 4.69) is 5.32 Å². The van der Waals surface area contributed by atoms with Crippen molar-refractivity contribution >= 4 is 11.6 Å². The summed E-state index contributed by atoms with van der Waals surface area (Å²) in [4.78, 5) is 14.9. The molecule has 2 atom stereocenters. The van der Waals surface area contributed by atoms with Crippen LogP contribution in [0.15, 0.2) is 24.3 Å². The van der Waals surface area contributed by atoms with Crippen LogP contribution in [-0.4, -0.2) is 43.2 Å². The molecule has 0 radical (unpaired) electrons. The Hall–Kier alpha value is -1.55. The van der Waals surface area contributed by atoms with Crippen LogP contribution in [0.1, 0.15) is 36.0 Å². The zero-order chi connectivity index (χ0) is 13.9. The maximum Gasteiger partial charge on any atom is 0.256 e. The number of carbonyl (C=O) groups is 1. The van der Waals surface area contributed by atoms with Crippen LogP contribution in [-0.2, 0) is 4.74 Å². The Balaban J connectivity index is 1.85. The van der Waals surface area contributed by atoms with Crippen LogP contribution in [0.2, 0.25) is 0 Å². The summed E-state index contributed by atoms with van der Waals surface area (Å²) in [5.74, 6) is 0.134. The molecule has 0 aromatic heterocycles. The zero-order valence-corrected chi connectivity index (χ0v) is 12.0. The average molecular weight is 274 g/mol. The van der Waals surface area contributed by atoms with Crippen LogP contribution in [0.3, 0.4) is 0 Å². The summed E-state index contributed by atoms with van der Waals surface area (Å²) in [6.07, 6.45) is 4.81. The fourth-order valence-corrected chi connectivity index (χ4v) is 3.39. The number of anilines is 1. The van der Waals surface area contributed by atoms with Gasteiger partial charge in [0.05, 0.1) is 24.3 Å². The Bertz CT molecular complexity index is 487. The molecule has 1 amide bonds. The van der Waals surface area contributed by atoms with Crippen molar-refractivity contribution in [3.05, 3.63) is 29.8 Å². The molecular formula is C16H22N2O2. The molecule has 4 nitrogen and oxygen atoms in total. The Kier molecular flexibility index (Phi) is 3.92. The van der Waals surface area contributed by atoms with E-state index in [-0.39, 0.29) is 18.1 Å². The lowest BCUT2D eigenvalue weighted by Crippen LogP contribution is -2.54. The van der Waals surface area contributed by atoms with E-state index >= 15 is 0 Å². The smallest absolute Gasteiger partial charge is 0.256 e. The van der Waals surface area contributed by atoms with Gasteiger partial charge in [-0.25, -0.2) is 0 Å². The number of ether oxygens (including phenoxy) is 1. The lowest BCUT2D eigenvalue weighted by Gasteiger charge is -2.44. The molecule has 2 fully saturated rings. The minimum Gasteiger partial charge on any atom is -0.387 e. The second kappa shape index (κ2) is 5.83. The number of fused-ring (bicyclic) bond motifs is 1. The standard InChI is InChI=1S/C16H22N2O2/c1-17-13-7-3-2-6-12(13)16(19)18-10-11-20-15-9-5-4-8-14(15)18/h2-3,6-7,14-15,17H,4-5,8-11H2,1H3. The topological polar surface area (TPSA) is 41.6 Å². The van der Waals surface area contributed by atoms with Crippen molar-refractivity contribution in [1.82, 2.24) is 4.90 Å². The largest absolute Gasteiger partial charge is 0.387 e. The fraction of sp³-hybridized carbons (Fsp3) is 0.562. The molecule has 1 saturated heterocycles. The Morgan fingerprint density at radius 3 is 2.95 bits per heavy atom. The molecular weight excluding hydrogens is 252 g/mol. The lowest BCUT2D eigenvalue weighted by atomic mass is 9.89. The summed E-state index contributed by atoms with van der Waals surface area (Å²) in [7, 11) is 1.86. The summed E-state index contributed by atoms with van der Waals surface area (Å²) in [6.45, 7) is 1.37. The van der Waals surface area contributed by atoms with E-state index in [1.165, 1.54) is 12.8 Å². The third-order valence-corrected chi connectivity index (χ3v) is 4.42. The quantitative estimate of drug-likeness (QED) is 0.901. The predicted octanol–water partition coefficient (Wildman–Crippen LogP) is 2.51. The number of amides is 1. The van der Waals surface area contributed by atoms with E-state index < -0.39 is 0 Å².